The van der Waals surface area contributed by atoms with Crippen molar-refractivity contribution in [3.63, 3.8) is 0 Å². The van der Waals surface area contributed by atoms with Crippen LogP contribution in [-0.2, 0) is 7.05 Å². The van der Waals surface area contributed by atoms with Crippen molar-refractivity contribution < 1.29 is 13.6 Å². The van der Waals surface area contributed by atoms with Crippen molar-refractivity contribution in [3.05, 3.63) is 40.0 Å². The maximum absolute atomic E-state index is 12.8. The molecule has 1 aromatic heterocycles. The first-order chi connectivity index (χ1) is 8.54. The summed E-state index contributed by atoms with van der Waals surface area (Å²) in [6, 6.07) is 7.07. The lowest BCUT2D eigenvalue weighted by Crippen LogP contribution is -1.95. The Labute approximate surface area is 111 Å². The molecule has 2 rings (SSSR count). The monoisotopic (exact) mass is 314 g/mol. The molecule has 1 heterocycles. The molecule has 94 valence electrons. The number of halogens is 3. The quantitative estimate of drug-likeness (QED) is 0.811. The molecular formula is C12H9BrF2N2O. The van der Waals surface area contributed by atoms with E-state index in [1.807, 2.05) is 6.07 Å². The smallest absolute Gasteiger partial charge is 0.282 e. The summed E-state index contributed by atoms with van der Waals surface area (Å²) in [7, 11) is 1.54. The fraction of sp³-hybridized carbons (Fsp3) is 0.167. The Morgan fingerprint density at radius 2 is 2.17 bits per heavy atom. The first kappa shape index (κ1) is 12.9. The van der Waals surface area contributed by atoms with E-state index >= 15 is 0 Å². The molecule has 6 heteroatoms. The summed E-state index contributed by atoms with van der Waals surface area (Å²) < 4.78 is 27.6. The zero-order valence-electron chi connectivity index (χ0n) is 9.40. The van der Waals surface area contributed by atoms with E-state index < -0.39 is 12.1 Å². The van der Waals surface area contributed by atoms with Gasteiger partial charge in [-0.3, -0.25) is 9.48 Å². The molecule has 0 atom stereocenters. The number of aldehydes is 1. The van der Waals surface area contributed by atoms with Gasteiger partial charge in [-0.1, -0.05) is 28.1 Å². The van der Waals surface area contributed by atoms with Crippen LogP contribution >= 0.6 is 15.9 Å². The Hall–Kier alpha value is -1.56. The van der Waals surface area contributed by atoms with Crippen LogP contribution in [0.1, 0.15) is 22.5 Å². The molecular weight excluding hydrogens is 306 g/mol. The Balaban J connectivity index is 2.67. The fourth-order valence-corrected chi connectivity index (χ4v) is 2.22. The van der Waals surface area contributed by atoms with Gasteiger partial charge >= 0.3 is 0 Å². The maximum atomic E-state index is 12.8. The van der Waals surface area contributed by atoms with Gasteiger partial charge in [0.1, 0.15) is 5.69 Å². The summed E-state index contributed by atoms with van der Waals surface area (Å²) in [5, 5.41) is 3.71. The number of carbonyl (C=O) groups is 1. The predicted octanol–water partition coefficient (Wildman–Crippen LogP) is 3.60. The molecule has 0 unspecified atom stereocenters. The normalized spacial score (nSPS) is 10.9. The van der Waals surface area contributed by atoms with Gasteiger partial charge in [-0.2, -0.15) is 5.10 Å². The number of nitrogens with zero attached hydrogens (tertiary/aromatic N) is 2. The molecule has 0 amide bonds. The molecule has 0 fully saturated rings. The minimum atomic E-state index is -2.77. The highest BCUT2D eigenvalue weighted by molar-refractivity contribution is 9.10. The number of alkyl halides is 2. The molecule has 0 spiro atoms. The topological polar surface area (TPSA) is 34.9 Å². The van der Waals surface area contributed by atoms with E-state index in [1.165, 1.54) is 11.7 Å². The van der Waals surface area contributed by atoms with E-state index in [0.717, 1.165) is 4.47 Å². The second-order valence-corrected chi connectivity index (χ2v) is 4.62. The van der Waals surface area contributed by atoms with Crippen LogP contribution in [0.3, 0.4) is 0 Å². The Bertz CT molecular complexity index is 596. The minimum absolute atomic E-state index is 0.0643. The van der Waals surface area contributed by atoms with Crippen LogP contribution < -0.4 is 0 Å². The van der Waals surface area contributed by atoms with Crippen LogP contribution in [0.2, 0.25) is 0 Å². The van der Waals surface area contributed by atoms with Gasteiger partial charge in [0.25, 0.3) is 6.43 Å². The van der Waals surface area contributed by atoms with E-state index in [4.69, 9.17) is 0 Å². The van der Waals surface area contributed by atoms with Gasteiger partial charge in [0.2, 0.25) is 0 Å². The van der Waals surface area contributed by atoms with Crippen molar-refractivity contribution in [2.24, 2.45) is 7.05 Å². The van der Waals surface area contributed by atoms with Gasteiger partial charge in [-0.25, -0.2) is 8.78 Å². The number of hydrogen-bond donors (Lipinski definition) is 0. The summed E-state index contributed by atoms with van der Waals surface area (Å²) in [5.74, 6) is 0. The maximum Gasteiger partial charge on any atom is 0.282 e. The highest BCUT2D eigenvalue weighted by Crippen LogP contribution is 2.30. The van der Waals surface area contributed by atoms with Crippen molar-refractivity contribution >= 4 is 22.2 Å². The average molecular weight is 315 g/mol. The number of benzene rings is 1. The van der Waals surface area contributed by atoms with Gasteiger partial charge < -0.3 is 0 Å². The molecule has 0 aliphatic heterocycles. The highest BCUT2D eigenvalue weighted by atomic mass is 79.9. The number of aryl methyl sites for hydroxylation is 1. The zero-order valence-corrected chi connectivity index (χ0v) is 11.0. The van der Waals surface area contributed by atoms with Crippen LogP contribution in [0.15, 0.2) is 28.7 Å². The van der Waals surface area contributed by atoms with Crippen molar-refractivity contribution in [3.8, 4) is 11.3 Å². The first-order valence-electron chi connectivity index (χ1n) is 5.10. The SMILES string of the molecule is Cn1nc(C(F)F)c(C=O)c1-c1cccc(Br)c1. The number of hydrogen-bond acceptors (Lipinski definition) is 2. The molecule has 0 N–H and O–H groups in total. The summed E-state index contributed by atoms with van der Waals surface area (Å²) >= 11 is 3.30. The van der Waals surface area contributed by atoms with Crippen LogP contribution in [0.5, 0.6) is 0 Å². The van der Waals surface area contributed by atoms with E-state index in [0.29, 0.717) is 17.5 Å². The summed E-state index contributed by atoms with van der Waals surface area (Å²) in [6.45, 7) is 0. The summed E-state index contributed by atoms with van der Waals surface area (Å²) in [5.41, 5.74) is 0.503. The van der Waals surface area contributed by atoms with Gasteiger partial charge in [0, 0.05) is 17.1 Å². The molecule has 2 aromatic rings. The van der Waals surface area contributed by atoms with E-state index in [2.05, 4.69) is 21.0 Å². The third-order valence-corrected chi connectivity index (χ3v) is 3.03. The third kappa shape index (κ3) is 2.20. The summed E-state index contributed by atoms with van der Waals surface area (Å²) in [4.78, 5) is 11.0. The fourth-order valence-electron chi connectivity index (χ4n) is 1.82. The molecule has 0 saturated carbocycles. The lowest BCUT2D eigenvalue weighted by molar-refractivity contribution is 0.110. The van der Waals surface area contributed by atoms with Gasteiger partial charge in [0.05, 0.1) is 11.3 Å². The van der Waals surface area contributed by atoms with Crippen molar-refractivity contribution in [2.45, 2.75) is 6.43 Å². The van der Waals surface area contributed by atoms with Crippen LogP contribution in [0, 0.1) is 0 Å². The molecule has 0 saturated heterocycles. The predicted molar refractivity (Wildman–Crippen MR) is 66.7 cm³/mol. The molecule has 0 radical (unpaired) electrons. The van der Waals surface area contributed by atoms with E-state index in [9.17, 15) is 13.6 Å². The van der Waals surface area contributed by atoms with Crippen molar-refractivity contribution in [1.82, 2.24) is 9.78 Å². The Morgan fingerprint density at radius 3 is 2.72 bits per heavy atom. The second kappa shape index (κ2) is 4.97. The lowest BCUT2D eigenvalue weighted by atomic mass is 10.1. The van der Waals surface area contributed by atoms with Crippen LogP contribution in [-0.4, -0.2) is 16.1 Å². The molecule has 18 heavy (non-hydrogen) atoms. The largest absolute Gasteiger partial charge is 0.298 e. The molecule has 0 bridgehead atoms. The standard InChI is InChI=1S/C12H9BrF2N2O/c1-17-11(7-3-2-4-8(13)5-7)9(6-18)10(16-17)12(14)15/h2-6,12H,1H3. The molecule has 1 aromatic carbocycles. The zero-order chi connectivity index (χ0) is 13.3. The molecule has 0 aliphatic rings. The van der Waals surface area contributed by atoms with Gasteiger partial charge in [0.15, 0.2) is 6.29 Å². The van der Waals surface area contributed by atoms with E-state index in [1.54, 1.807) is 18.2 Å². The number of carbonyl (C=O) groups excluding carboxylic acids is 1. The molecule has 3 nitrogen and oxygen atoms in total. The van der Waals surface area contributed by atoms with Gasteiger partial charge in [-0.05, 0) is 12.1 Å². The van der Waals surface area contributed by atoms with Gasteiger partial charge in [-0.15, -0.1) is 0 Å². The van der Waals surface area contributed by atoms with Crippen LogP contribution in [0.25, 0.3) is 11.3 Å². The molecule has 0 aliphatic carbocycles. The Kier molecular flexibility index (Phi) is 3.56. The summed E-state index contributed by atoms with van der Waals surface area (Å²) in [6.07, 6.45) is -2.35. The number of rotatable bonds is 3. The second-order valence-electron chi connectivity index (χ2n) is 3.70. The van der Waals surface area contributed by atoms with Crippen LogP contribution in [0.4, 0.5) is 8.78 Å². The first-order valence-corrected chi connectivity index (χ1v) is 5.90. The van der Waals surface area contributed by atoms with E-state index in [-0.39, 0.29) is 5.56 Å². The lowest BCUT2D eigenvalue weighted by Gasteiger charge is -2.03. The average Bonchev–Trinajstić information content (AvgIpc) is 2.66. The van der Waals surface area contributed by atoms with Crippen molar-refractivity contribution in [2.75, 3.05) is 0 Å². The van der Waals surface area contributed by atoms with Crippen molar-refractivity contribution in [1.29, 1.82) is 0 Å². The Morgan fingerprint density at radius 1 is 1.44 bits per heavy atom. The minimum Gasteiger partial charge on any atom is -0.298 e. The third-order valence-electron chi connectivity index (χ3n) is 2.54. The highest BCUT2D eigenvalue weighted by Gasteiger charge is 2.23. The number of aromatic nitrogens is 2.